The Morgan fingerprint density at radius 3 is 2.95 bits per heavy atom. The largest absolute Gasteiger partial charge is 0.380 e. The van der Waals surface area contributed by atoms with Crippen molar-refractivity contribution >= 4 is 33.4 Å². The van der Waals surface area contributed by atoms with E-state index in [-0.39, 0.29) is 0 Å². The number of anilines is 3. The van der Waals surface area contributed by atoms with Gasteiger partial charge in [0, 0.05) is 26.0 Å². The maximum atomic E-state index is 5.12. The molecule has 0 spiro atoms. The summed E-state index contributed by atoms with van der Waals surface area (Å²) in [7, 11) is 3.46. The zero-order valence-corrected chi connectivity index (χ0v) is 12.4. The highest BCUT2D eigenvalue weighted by atomic mass is 79.9. The molecule has 6 heteroatoms. The van der Waals surface area contributed by atoms with E-state index in [2.05, 4.69) is 36.5 Å². The first-order chi connectivity index (χ1) is 9.22. The maximum absolute atomic E-state index is 5.12. The lowest BCUT2D eigenvalue weighted by Crippen LogP contribution is -2.01. The molecule has 0 aliphatic heterocycles. The SMILES string of the molecule is CNc1ncc(Br)c(Nc2cccc(COC)c2)n1. The fourth-order valence-electron chi connectivity index (χ4n) is 1.62. The van der Waals surface area contributed by atoms with Crippen LogP contribution in [0.2, 0.25) is 0 Å². The molecule has 19 heavy (non-hydrogen) atoms. The first-order valence-electron chi connectivity index (χ1n) is 5.78. The number of benzene rings is 1. The average molecular weight is 323 g/mol. The lowest BCUT2D eigenvalue weighted by atomic mass is 10.2. The molecule has 2 rings (SSSR count). The summed E-state index contributed by atoms with van der Waals surface area (Å²) in [6.07, 6.45) is 1.71. The molecule has 0 bridgehead atoms. The Morgan fingerprint density at radius 2 is 2.21 bits per heavy atom. The van der Waals surface area contributed by atoms with E-state index in [1.165, 1.54) is 0 Å². The van der Waals surface area contributed by atoms with Crippen LogP contribution < -0.4 is 10.6 Å². The molecule has 2 aromatic rings. The monoisotopic (exact) mass is 322 g/mol. The van der Waals surface area contributed by atoms with Gasteiger partial charge in [-0.25, -0.2) is 4.98 Å². The van der Waals surface area contributed by atoms with E-state index in [0.717, 1.165) is 15.7 Å². The molecule has 1 aromatic carbocycles. The number of halogens is 1. The van der Waals surface area contributed by atoms with E-state index < -0.39 is 0 Å². The van der Waals surface area contributed by atoms with Gasteiger partial charge >= 0.3 is 0 Å². The van der Waals surface area contributed by atoms with E-state index in [0.29, 0.717) is 18.4 Å². The van der Waals surface area contributed by atoms with Crippen molar-refractivity contribution in [2.45, 2.75) is 6.61 Å². The number of hydrogen-bond acceptors (Lipinski definition) is 5. The van der Waals surface area contributed by atoms with Gasteiger partial charge < -0.3 is 15.4 Å². The summed E-state index contributed by atoms with van der Waals surface area (Å²) in [5, 5.41) is 6.16. The van der Waals surface area contributed by atoms with Crippen LogP contribution in [0, 0.1) is 0 Å². The van der Waals surface area contributed by atoms with Crippen molar-refractivity contribution < 1.29 is 4.74 Å². The summed E-state index contributed by atoms with van der Waals surface area (Å²) >= 11 is 3.43. The standard InChI is InChI=1S/C13H15BrN4O/c1-15-13-16-7-11(14)12(18-13)17-10-5-3-4-9(6-10)8-19-2/h3-7H,8H2,1-2H3,(H2,15,16,17,18). The summed E-state index contributed by atoms with van der Waals surface area (Å²) in [5.74, 6) is 1.28. The summed E-state index contributed by atoms with van der Waals surface area (Å²) in [4.78, 5) is 8.47. The van der Waals surface area contributed by atoms with Gasteiger partial charge in [-0.1, -0.05) is 12.1 Å². The molecule has 0 atom stereocenters. The zero-order chi connectivity index (χ0) is 13.7. The van der Waals surface area contributed by atoms with Crippen LogP contribution >= 0.6 is 15.9 Å². The van der Waals surface area contributed by atoms with Crippen molar-refractivity contribution in [3.8, 4) is 0 Å². The van der Waals surface area contributed by atoms with Gasteiger partial charge in [0.1, 0.15) is 5.82 Å². The van der Waals surface area contributed by atoms with Crippen LogP contribution in [-0.2, 0) is 11.3 Å². The van der Waals surface area contributed by atoms with Crippen molar-refractivity contribution in [1.82, 2.24) is 9.97 Å². The number of aromatic nitrogens is 2. The minimum absolute atomic E-state index is 0.568. The normalized spacial score (nSPS) is 10.3. The van der Waals surface area contributed by atoms with E-state index in [1.54, 1.807) is 20.4 Å². The minimum Gasteiger partial charge on any atom is -0.380 e. The predicted molar refractivity (Wildman–Crippen MR) is 79.7 cm³/mol. The zero-order valence-electron chi connectivity index (χ0n) is 10.8. The molecule has 0 aliphatic carbocycles. The number of ether oxygens (including phenoxy) is 1. The van der Waals surface area contributed by atoms with E-state index >= 15 is 0 Å². The fraction of sp³-hybridized carbons (Fsp3) is 0.231. The van der Waals surface area contributed by atoms with Gasteiger partial charge in [-0.15, -0.1) is 0 Å². The fourth-order valence-corrected chi connectivity index (χ4v) is 1.91. The highest BCUT2D eigenvalue weighted by Gasteiger charge is 2.05. The predicted octanol–water partition coefficient (Wildman–Crippen LogP) is 3.17. The van der Waals surface area contributed by atoms with Crippen LogP contribution in [0.25, 0.3) is 0 Å². The minimum atomic E-state index is 0.568. The lowest BCUT2D eigenvalue weighted by Gasteiger charge is -2.10. The van der Waals surface area contributed by atoms with E-state index in [4.69, 9.17) is 4.74 Å². The Balaban J connectivity index is 2.22. The third-order valence-corrected chi connectivity index (χ3v) is 3.05. The summed E-state index contributed by atoms with van der Waals surface area (Å²) in [6.45, 7) is 0.586. The molecule has 100 valence electrons. The number of rotatable bonds is 5. The number of nitrogens with one attached hydrogen (secondary N) is 2. The van der Waals surface area contributed by atoms with Crippen LogP contribution in [0.1, 0.15) is 5.56 Å². The third-order valence-electron chi connectivity index (χ3n) is 2.47. The maximum Gasteiger partial charge on any atom is 0.224 e. The molecule has 0 fully saturated rings. The molecule has 1 aromatic heterocycles. The van der Waals surface area contributed by atoms with Gasteiger partial charge in [0.25, 0.3) is 0 Å². The summed E-state index contributed by atoms with van der Waals surface area (Å²) in [6, 6.07) is 8.00. The van der Waals surface area contributed by atoms with Crippen LogP contribution in [0.5, 0.6) is 0 Å². The molecule has 2 N–H and O–H groups in total. The first-order valence-corrected chi connectivity index (χ1v) is 6.57. The molecule has 5 nitrogen and oxygen atoms in total. The van der Waals surface area contributed by atoms with Crippen LogP contribution in [-0.4, -0.2) is 24.1 Å². The van der Waals surface area contributed by atoms with Crippen molar-refractivity contribution in [2.24, 2.45) is 0 Å². The summed E-state index contributed by atoms with van der Waals surface area (Å²) < 4.78 is 5.93. The Labute approximate surface area is 120 Å². The number of hydrogen-bond donors (Lipinski definition) is 2. The molecule has 0 saturated carbocycles. The third kappa shape index (κ3) is 3.65. The summed E-state index contributed by atoms with van der Waals surface area (Å²) in [5.41, 5.74) is 2.06. The van der Waals surface area contributed by atoms with Gasteiger partial charge in [-0.2, -0.15) is 4.98 Å². The quantitative estimate of drug-likeness (QED) is 0.885. The second-order valence-corrected chi connectivity index (χ2v) is 4.75. The topological polar surface area (TPSA) is 59.1 Å². The smallest absolute Gasteiger partial charge is 0.224 e. The Hall–Kier alpha value is -1.66. The molecular formula is C13H15BrN4O. The number of nitrogens with zero attached hydrogens (tertiary/aromatic N) is 2. The molecule has 1 heterocycles. The van der Waals surface area contributed by atoms with Crippen molar-refractivity contribution in [1.29, 1.82) is 0 Å². The highest BCUT2D eigenvalue weighted by molar-refractivity contribution is 9.10. The average Bonchev–Trinajstić information content (AvgIpc) is 2.42. The van der Waals surface area contributed by atoms with Crippen LogP contribution in [0.3, 0.4) is 0 Å². The van der Waals surface area contributed by atoms with Crippen molar-refractivity contribution in [3.05, 3.63) is 40.5 Å². The first kappa shape index (κ1) is 13.8. The second kappa shape index (κ2) is 6.49. The molecule has 0 saturated heterocycles. The van der Waals surface area contributed by atoms with E-state index in [1.807, 2.05) is 24.3 Å². The van der Waals surface area contributed by atoms with Gasteiger partial charge in [0.2, 0.25) is 5.95 Å². The van der Waals surface area contributed by atoms with Gasteiger partial charge in [-0.3, -0.25) is 0 Å². The number of methoxy groups -OCH3 is 1. The molecular weight excluding hydrogens is 308 g/mol. The second-order valence-electron chi connectivity index (χ2n) is 3.90. The van der Waals surface area contributed by atoms with E-state index in [9.17, 15) is 0 Å². The molecule has 0 unspecified atom stereocenters. The van der Waals surface area contributed by atoms with Gasteiger partial charge in [-0.05, 0) is 33.6 Å². The molecule has 0 radical (unpaired) electrons. The Kier molecular flexibility index (Phi) is 4.70. The van der Waals surface area contributed by atoms with Gasteiger partial charge in [0.15, 0.2) is 0 Å². The Morgan fingerprint density at radius 1 is 1.37 bits per heavy atom. The van der Waals surface area contributed by atoms with Crippen molar-refractivity contribution in [3.63, 3.8) is 0 Å². The molecule has 0 aliphatic rings. The Bertz CT molecular complexity index is 562. The molecule has 0 amide bonds. The van der Waals surface area contributed by atoms with Crippen molar-refractivity contribution in [2.75, 3.05) is 24.8 Å². The highest BCUT2D eigenvalue weighted by Crippen LogP contribution is 2.24. The van der Waals surface area contributed by atoms with Crippen LogP contribution in [0.4, 0.5) is 17.5 Å². The van der Waals surface area contributed by atoms with Crippen LogP contribution in [0.15, 0.2) is 34.9 Å². The lowest BCUT2D eigenvalue weighted by molar-refractivity contribution is 0.185. The van der Waals surface area contributed by atoms with Gasteiger partial charge in [0.05, 0.1) is 11.1 Å².